The summed E-state index contributed by atoms with van der Waals surface area (Å²) in [6.07, 6.45) is 9.24. The minimum absolute atomic E-state index is 0.00985. The third-order valence-corrected chi connectivity index (χ3v) is 5.39. The van der Waals surface area contributed by atoms with Gasteiger partial charge < -0.3 is 9.72 Å². The van der Waals surface area contributed by atoms with Gasteiger partial charge in [0, 0.05) is 30.2 Å². The molecule has 2 aromatic heterocycles. The molecule has 5 heterocycles. The second kappa shape index (κ2) is 4.78. The van der Waals surface area contributed by atoms with Gasteiger partial charge in [-0.25, -0.2) is 9.97 Å². The molecule has 0 spiro atoms. The zero-order valence-electron chi connectivity index (χ0n) is 13.0. The molecular formula is C16H21N5O. The van der Waals surface area contributed by atoms with Crippen LogP contribution in [0.2, 0.25) is 0 Å². The van der Waals surface area contributed by atoms with Crippen molar-refractivity contribution in [3.63, 3.8) is 0 Å². The fourth-order valence-corrected chi connectivity index (χ4v) is 4.04. The fraction of sp³-hybridized carbons (Fsp3) is 0.562. The lowest BCUT2D eigenvalue weighted by Gasteiger charge is -2.56. The second-order valence-electron chi connectivity index (χ2n) is 6.89. The Hall–Kier alpha value is -1.95. The van der Waals surface area contributed by atoms with Crippen LogP contribution in [0.3, 0.4) is 0 Å². The highest BCUT2D eigenvalue weighted by atomic mass is 16.2. The molecule has 3 saturated heterocycles. The van der Waals surface area contributed by atoms with Crippen molar-refractivity contribution in [3.05, 3.63) is 30.5 Å². The zero-order valence-corrected chi connectivity index (χ0v) is 13.0. The molecule has 1 atom stereocenters. The minimum Gasteiger partial charge on any atom is -0.346 e. The number of hydrogen-bond acceptors (Lipinski definition) is 4. The highest BCUT2D eigenvalue weighted by Gasteiger charge is 2.48. The lowest BCUT2D eigenvalue weighted by molar-refractivity contribution is -0.0378. The molecule has 1 amide bonds. The van der Waals surface area contributed by atoms with Gasteiger partial charge in [-0.1, -0.05) is 0 Å². The van der Waals surface area contributed by atoms with Crippen molar-refractivity contribution in [1.82, 2.24) is 24.6 Å². The number of rotatable bonds is 2. The molecule has 6 nitrogen and oxygen atoms in total. The van der Waals surface area contributed by atoms with E-state index in [1.165, 1.54) is 12.8 Å². The standard InChI is InChI=1S/C16H21N5O/c1-16(2)14(11-3-6-21(16)7-4-11)19-15(22)12-10-20-8-5-17-13(20)9-18-12/h5,8-11,14H,3-4,6-7H2,1-2H3,(H,19,22)/t14-/m0/s1. The van der Waals surface area contributed by atoms with Gasteiger partial charge in [-0.05, 0) is 45.7 Å². The average Bonchev–Trinajstić information content (AvgIpc) is 2.98. The van der Waals surface area contributed by atoms with E-state index < -0.39 is 0 Å². The molecule has 0 aromatic carbocycles. The Bertz CT molecular complexity index is 714. The topological polar surface area (TPSA) is 62.5 Å². The molecule has 0 saturated carbocycles. The van der Waals surface area contributed by atoms with Gasteiger partial charge >= 0.3 is 0 Å². The van der Waals surface area contributed by atoms with Gasteiger partial charge in [0.15, 0.2) is 5.65 Å². The summed E-state index contributed by atoms with van der Waals surface area (Å²) < 4.78 is 1.82. The number of amides is 1. The predicted octanol–water partition coefficient (Wildman–Crippen LogP) is 1.33. The molecule has 0 unspecified atom stereocenters. The molecule has 2 bridgehead atoms. The summed E-state index contributed by atoms with van der Waals surface area (Å²) in [4.78, 5) is 23.5. The van der Waals surface area contributed by atoms with Crippen molar-refractivity contribution in [2.45, 2.75) is 38.3 Å². The van der Waals surface area contributed by atoms with Crippen LogP contribution in [-0.4, -0.2) is 49.8 Å². The van der Waals surface area contributed by atoms with E-state index >= 15 is 0 Å². The maximum atomic E-state index is 12.6. The van der Waals surface area contributed by atoms with Gasteiger partial charge in [0.1, 0.15) is 5.69 Å². The van der Waals surface area contributed by atoms with Gasteiger partial charge in [-0.2, -0.15) is 0 Å². The monoisotopic (exact) mass is 299 g/mol. The maximum Gasteiger partial charge on any atom is 0.271 e. The molecule has 0 aliphatic carbocycles. The second-order valence-corrected chi connectivity index (χ2v) is 6.89. The lowest BCUT2D eigenvalue weighted by Crippen LogP contribution is -2.69. The molecule has 116 valence electrons. The summed E-state index contributed by atoms with van der Waals surface area (Å²) >= 11 is 0. The van der Waals surface area contributed by atoms with Crippen molar-refractivity contribution in [3.8, 4) is 0 Å². The summed E-state index contributed by atoms with van der Waals surface area (Å²) in [5.74, 6) is 0.475. The molecule has 1 N–H and O–H groups in total. The molecule has 5 rings (SSSR count). The SMILES string of the molecule is CC1(C)[C@@H](NC(=O)c2cn3ccnc3cn2)C2CCN1CC2. The fourth-order valence-electron chi connectivity index (χ4n) is 4.04. The van der Waals surface area contributed by atoms with Gasteiger partial charge in [0.25, 0.3) is 5.91 Å². The van der Waals surface area contributed by atoms with Crippen LogP contribution in [0, 0.1) is 5.92 Å². The molecule has 22 heavy (non-hydrogen) atoms. The predicted molar refractivity (Wildman–Crippen MR) is 82.6 cm³/mol. The summed E-state index contributed by atoms with van der Waals surface area (Å²) in [7, 11) is 0. The minimum atomic E-state index is -0.0950. The first kappa shape index (κ1) is 13.7. The maximum absolute atomic E-state index is 12.6. The van der Waals surface area contributed by atoms with Crippen molar-refractivity contribution in [2.75, 3.05) is 13.1 Å². The van der Waals surface area contributed by atoms with Crippen LogP contribution in [0.25, 0.3) is 5.65 Å². The molecule has 3 aliphatic rings. The van der Waals surface area contributed by atoms with Crippen LogP contribution in [0.4, 0.5) is 0 Å². The number of carbonyl (C=O) groups excluding carboxylic acids is 1. The number of nitrogens with zero attached hydrogens (tertiary/aromatic N) is 4. The molecule has 0 radical (unpaired) electrons. The lowest BCUT2D eigenvalue weighted by atomic mass is 9.72. The van der Waals surface area contributed by atoms with Crippen molar-refractivity contribution in [1.29, 1.82) is 0 Å². The molecule has 3 fully saturated rings. The van der Waals surface area contributed by atoms with E-state index in [1.807, 2.05) is 10.6 Å². The largest absolute Gasteiger partial charge is 0.346 e. The molecule has 3 aliphatic heterocycles. The average molecular weight is 299 g/mol. The third kappa shape index (κ3) is 2.01. The van der Waals surface area contributed by atoms with E-state index in [4.69, 9.17) is 0 Å². The number of aromatic nitrogens is 3. The number of fused-ring (bicyclic) bond motifs is 4. The van der Waals surface area contributed by atoms with E-state index in [9.17, 15) is 4.79 Å². The Balaban J connectivity index is 1.58. The third-order valence-electron chi connectivity index (χ3n) is 5.39. The van der Waals surface area contributed by atoms with E-state index in [1.54, 1.807) is 18.6 Å². The highest BCUT2D eigenvalue weighted by molar-refractivity contribution is 5.92. The number of hydrogen-bond donors (Lipinski definition) is 1. The summed E-state index contributed by atoms with van der Waals surface area (Å²) in [6, 6.07) is 0.183. The van der Waals surface area contributed by atoms with Crippen LogP contribution in [0.5, 0.6) is 0 Å². The van der Waals surface area contributed by atoms with E-state index in [0.29, 0.717) is 11.6 Å². The number of imidazole rings is 1. The smallest absolute Gasteiger partial charge is 0.271 e. The summed E-state index contributed by atoms with van der Waals surface area (Å²) in [5, 5.41) is 3.24. The first-order valence-corrected chi connectivity index (χ1v) is 7.90. The Morgan fingerprint density at radius 2 is 2.09 bits per heavy atom. The first-order valence-electron chi connectivity index (χ1n) is 7.90. The summed E-state index contributed by atoms with van der Waals surface area (Å²) in [5.41, 5.74) is 1.20. The van der Waals surface area contributed by atoms with E-state index in [-0.39, 0.29) is 17.5 Å². The number of carbonyl (C=O) groups is 1. The van der Waals surface area contributed by atoms with Crippen molar-refractivity contribution in [2.24, 2.45) is 5.92 Å². The molecular weight excluding hydrogens is 278 g/mol. The van der Waals surface area contributed by atoms with E-state index in [0.717, 1.165) is 18.7 Å². The Kier molecular flexibility index (Phi) is 2.97. The Morgan fingerprint density at radius 3 is 2.82 bits per heavy atom. The van der Waals surface area contributed by atoms with Gasteiger partial charge in [0.05, 0.1) is 6.20 Å². The van der Waals surface area contributed by atoms with Crippen LogP contribution < -0.4 is 5.32 Å². The normalized spacial score (nSPS) is 29.6. The quantitative estimate of drug-likeness (QED) is 0.909. The Labute approximate surface area is 129 Å². The van der Waals surface area contributed by atoms with Crippen LogP contribution in [0.1, 0.15) is 37.2 Å². The highest BCUT2D eigenvalue weighted by Crippen LogP contribution is 2.39. The zero-order chi connectivity index (χ0) is 15.3. The van der Waals surface area contributed by atoms with E-state index in [2.05, 4.69) is 34.0 Å². The Morgan fingerprint density at radius 1 is 1.32 bits per heavy atom. The number of piperidine rings is 3. The molecule has 6 heteroatoms. The van der Waals surface area contributed by atoms with Crippen LogP contribution in [-0.2, 0) is 0 Å². The van der Waals surface area contributed by atoms with Crippen molar-refractivity contribution < 1.29 is 4.79 Å². The van der Waals surface area contributed by atoms with Gasteiger partial charge in [0.2, 0.25) is 0 Å². The first-order chi connectivity index (χ1) is 10.6. The van der Waals surface area contributed by atoms with Crippen LogP contribution >= 0.6 is 0 Å². The van der Waals surface area contributed by atoms with Crippen molar-refractivity contribution >= 4 is 11.6 Å². The van der Waals surface area contributed by atoms with Gasteiger partial charge in [-0.3, -0.25) is 9.69 Å². The number of nitrogens with one attached hydrogen (secondary N) is 1. The van der Waals surface area contributed by atoms with Crippen LogP contribution in [0.15, 0.2) is 24.8 Å². The summed E-state index contributed by atoms with van der Waals surface area (Å²) in [6.45, 7) is 6.75. The van der Waals surface area contributed by atoms with Gasteiger partial charge in [-0.15, -0.1) is 0 Å². The molecule has 2 aromatic rings.